The average Bonchev–Trinajstić information content (AvgIpc) is 3.02. The molecule has 0 bridgehead atoms. The van der Waals surface area contributed by atoms with Crippen molar-refractivity contribution in [1.29, 1.82) is 0 Å². The van der Waals surface area contributed by atoms with Gasteiger partial charge in [-0.1, -0.05) is 12.1 Å². The van der Waals surface area contributed by atoms with Crippen molar-refractivity contribution in [3.8, 4) is 5.75 Å². The first kappa shape index (κ1) is 14.8. The second kappa shape index (κ2) is 7.25. The molecule has 0 spiro atoms. The second-order valence-electron chi connectivity index (χ2n) is 6.11. The number of piperazine rings is 1. The van der Waals surface area contributed by atoms with Crippen LogP contribution in [0.3, 0.4) is 0 Å². The van der Waals surface area contributed by atoms with E-state index in [9.17, 15) is 0 Å². The summed E-state index contributed by atoms with van der Waals surface area (Å²) in [5.41, 5.74) is 1.35. The molecule has 0 saturated carbocycles. The van der Waals surface area contributed by atoms with Crippen LogP contribution in [0.1, 0.15) is 25.3 Å². The van der Waals surface area contributed by atoms with Crippen LogP contribution in [0.4, 0.5) is 0 Å². The van der Waals surface area contributed by atoms with Gasteiger partial charge < -0.3 is 14.8 Å². The number of benzene rings is 1. The summed E-state index contributed by atoms with van der Waals surface area (Å²) in [6.07, 6.45) is 2.57. The predicted octanol–water partition coefficient (Wildman–Crippen LogP) is 2.04. The fourth-order valence-electron chi connectivity index (χ4n) is 3.01. The van der Waals surface area contributed by atoms with Crippen molar-refractivity contribution in [3.63, 3.8) is 0 Å². The van der Waals surface area contributed by atoms with Gasteiger partial charge in [0.25, 0.3) is 0 Å². The molecule has 1 N–H and O–H groups in total. The van der Waals surface area contributed by atoms with Crippen molar-refractivity contribution < 1.29 is 9.47 Å². The molecule has 4 heteroatoms. The maximum Gasteiger partial charge on any atom is 0.119 e. The molecule has 0 aromatic heterocycles. The summed E-state index contributed by atoms with van der Waals surface area (Å²) in [4.78, 5) is 2.53. The highest BCUT2D eigenvalue weighted by Crippen LogP contribution is 2.18. The van der Waals surface area contributed by atoms with Crippen LogP contribution >= 0.6 is 0 Å². The SMILES string of the molecule is CC1CNCCN1Cc1ccc(OCC2CCCO2)cc1. The van der Waals surface area contributed by atoms with Crippen LogP contribution < -0.4 is 10.1 Å². The highest BCUT2D eigenvalue weighted by Gasteiger charge is 2.18. The summed E-state index contributed by atoms with van der Waals surface area (Å²) in [5, 5.41) is 3.43. The topological polar surface area (TPSA) is 33.7 Å². The molecule has 2 fully saturated rings. The fraction of sp³-hybridized carbons (Fsp3) is 0.647. The molecule has 0 radical (unpaired) electrons. The zero-order chi connectivity index (χ0) is 14.5. The fourth-order valence-corrected chi connectivity index (χ4v) is 3.01. The van der Waals surface area contributed by atoms with Gasteiger partial charge in [0.1, 0.15) is 12.4 Å². The van der Waals surface area contributed by atoms with Gasteiger partial charge >= 0.3 is 0 Å². The first-order valence-corrected chi connectivity index (χ1v) is 8.09. The van der Waals surface area contributed by atoms with Crippen molar-refractivity contribution >= 4 is 0 Å². The molecule has 2 aliphatic rings. The molecule has 3 rings (SSSR count). The van der Waals surface area contributed by atoms with E-state index in [1.165, 1.54) is 5.56 Å². The van der Waals surface area contributed by atoms with Gasteiger partial charge in [-0.05, 0) is 37.5 Å². The Hall–Kier alpha value is -1.10. The van der Waals surface area contributed by atoms with Gasteiger partial charge in [0.2, 0.25) is 0 Å². The van der Waals surface area contributed by atoms with E-state index >= 15 is 0 Å². The summed E-state index contributed by atoms with van der Waals surface area (Å²) < 4.78 is 11.4. The van der Waals surface area contributed by atoms with Crippen molar-refractivity contribution in [2.75, 3.05) is 32.8 Å². The molecular weight excluding hydrogens is 264 g/mol. The van der Waals surface area contributed by atoms with Crippen molar-refractivity contribution in [2.24, 2.45) is 0 Å². The van der Waals surface area contributed by atoms with Crippen LogP contribution in [-0.4, -0.2) is 49.9 Å². The van der Waals surface area contributed by atoms with Crippen LogP contribution in [-0.2, 0) is 11.3 Å². The van der Waals surface area contributed by atoms with Gasteiger partial charge in [0.15, 0.2) is 0 Å². The molecule has 4 nitrogen and oxygen atoms in total. The number of rotatable bonds is 5. The Morgan fingerprint density at radius 2 is 2.19 bits per heavy atom. The summed E-state index contributed by atoms with van der Waals surface area (Å²) >= 11 is 0. The number of nitrogens with one attached hydrogen (secondary N) is 1. The molecule has 116 valence electrons. The van der Waals surface area contributed by atoms with E-state index in [1.54, 1.807) is 0 Å². The third kappa shape index (κ3) is 4.19. The van der Waals surface area contributed by atoms with Crippen LogP contribution in [0.15, 0.2) is 24.3 Å². The molecule has 2 saturated heterocycles. The van der Waals surface area contributed by atoms with E-state index < -0.39 is 0 Å². The van der Waals surface area contributed by atoms with Gasteiger partial charge in [0, 0.05) is 38.8 Å². The number of hydrogen-bond donors (Lipinski definition) is 1. The normalized spacial score (nSPS) is 26.9. The Bertz CT molecular complexity index is 429. The Morgan fingerprint density at radius 3 is 2.90 bits per heavy atom. The number of ether oxygens (including phenoxy) is 2. The number of hydrogen-bond acceptors (Lipinski definition) is 4. The van der Waals surface area contributed by atoms with Crippen molar-refractivity contribution in [1.82, 2.24) is 10.2 Å². The van der Waals surface area contributed by atoms with Gasteiger partial charge in [-0.15, -0.1) is 0 Å². The van der Waals surface area contributed by atoms with Crippen LogP contribution in [0.2, 0.25) is 0 Å². The summed E-state index contributed by atoms with van der Waals surface area (Å²) in [5.74, 6) is 0.947. The summed E-state index contributed by atoms with van der Waals surface area (Å²) in [6.45, 7) is 8.16. The smallest absolute Gasteiger partial charge is 0.119 e. The zero-order valence-corrected chi connectivity index (χ0v) is 12.9. The lowest BCUT2D eigenvalue weighted by Crippen LogP contribution is -2.49. The van der Waals surface area contributed by atoms with Gasteiger partial charge in [0.05, 0.1) is 6.10 Å². The molecule has 2 aliphatic heterocycles. The monoisotopic (exact) mass is 290 g/mol. The first-order chi connectivity index (χ1) is 10.3. The van der Waals surface area contributed by atoms with Crippen LogP contribution in [0, 0.1) is 0 Å². The maximum absolute atomic E-state index is 5.81. The Labute approximate surface area is 127 Å². The minimum atomic E-state index is 0.284. The van der Waals surface area contributed by atoms with E-state index in [1.807, 2.05) is 0 Å². The lowest BCUT2D eigenvalue weighted by Gasteiger charge is -2.33. The van der Waals surface area contributed by atoms with Gasteiger partial charge in [-0.25, -0.2) is 0 Å². The highest BCUT2D eigenvalue weighted by molar-refractivity contribution is 5.27. The third-order valence-corrected chi connectivity index (χ3v) is 4.41. The van der Waals surface area contributed by atoms with Gasteiger partial charge in [-0.2, -0.15) is 0 Å². The number of nitrogens with zero attached hydrogens (tertiary/aromatic N) is 1. The van der Waals surface area contributed by atoms with Gasteiger partial charge in [-0.3, -0.25) is 4.90 Å². The minimum Gasteiger partial charge on any atom is -0.491 e. The third-order valence-electron chi connectivity index (χ3n) is 4.41. The highest BCUT2D eigenvalue weighted by atomic mass is 16.5. The zero-order valence-electron chi connectivity index (χ0n) is 12.9. The van der Waals surface area contributed by atoms with Crippen LogP contribution in [0.25, 0.3) is 0 Å². The summed E-state index contributed by atoms with van der Waals surface area (Å²) in [6, 6.07) is 9.13. The first-order valence-electron chi connectivity index (χ1n) is 8.09. The summed E-state index contributed by atoms with van der Waals surface area (Å²) in [7, 11) is 0. The van der Waals surface area contributed by atoms with Crippen LogP contribution in [0.5, 0.6) is 5.75 Å². The van der Waals surface area contributed by atoms with E-state index in [4.69, 9.17) is 9.47 Å². The molecule has 0 aliphatic carbocycles. The van der Waals surface area contributed by atoms with Crippen molar-refractivity contribution in [3.05, 3.63) is 29.8 Å². The lowest BCUT2D eigenvalue weighted by molar-refractivity contribution is 0.0679. The molecule has 1 aromatic rings. The molecule has 21 heavy (non-hydrogen) atoms. The Morgan fingerprint density at radius 1 is 1.33 bits per heavy atom. The van der Waals surface area contributed by atoms with Crippen molar-refractivity contribution in [2.45, 2.75) is 38.5 Å². The molecule has 1 aromatic carbocycles. The van der Waals surface area contributed by atoms with E-state index in [0.29, 0.717) is 12.6 Å². The lowest BCUT2D eigenvalue weighted by atomic mass is 10.1. The Balaban J connectivity index is 1.48. The standard InChI is InChI=1S/C17H26N2O2/c1-14-11-18-8-9-19(14)12-15-4-6-16(7-5-15)21-13-17-3-2-10-20-17/h4-7,14,17-18H,2-3,8-13H2,1H3. The maximum atomic E-state index is 5.81. The molecule has 0 amide bonds. The van der Waals surface area contributed by atoms with E-state index in [-0.39, 0.29) is 6.10 Å². The second-order valence-corrected chi connectivity index (χ2v) is 6.11. The Kier molecular flexibility index (Phi) is 5.12. The molecular formula is C17H26N2O2. The molecule has 2 atom stereocenters. The minimum absolute atomic E-state index is 0.284. The predicted molar refractivity (Wildman–Crippen MR) is 83.7 cm³/mol. The quantitative estimate of drug-likeness (QED) is 0.900. The largest absolute Gasteiger partial charge is 0.491 e. The van der Waals surface area contributed by atoms with E-state index in [0.717, 1.165) is 51.4 Å². The molecule has 2 heterocycles. The van der Waals surface area contributed by atoms with E-state index in [2.05, 4.69) is 41.4 Å². The average molecular weight is 290 g/mol. The molecule has 2 unspecified atom stereocenters.